The lowest BCUT2D eigenvalue weighted by atomic mass is 10.1. The zero-order valence-corrected chi connectivity index (χ0v) is 14.2. The van der Waals surface area contributed by atoms with Crippen LogP contribution in [0.4, 0.5) is 0 Å². The van der Waals surface area contributed by atoms with Crippen molar-refractivity contribution in [3.8, 4) is 0 Å². The molecule has 1 aliphatic carbocycles. The molecule has 0 amide bonds. The number of sulfonamides is 1. The van der Waals surface area contributed by atoms with Crippen molar-refractivity contribution in [3.63, 3.8) is 0 Å². The summed E-state index contributed by atoms with van der Waals surface area (Å²) in [6.07, 6.45) is 3.27. The van der Waals surface area contributed by atoms with Crippen LogP contribution in [0.25, 0.3) is 0 Å². The number of halogens is 2. The monoisotopic (exact) mass is 350 g/mol. The number of hydrogen-bond donors (Lipinski definition) is 2. The maximum atomic E-state index is 12.4. The summed E-state index contributed by atoms with van der Waals surface area (Å²) in [4.78, 5) is 0.00293. The zero-order chi connectivity index (χ0) is 15.6. The fraction of sp³-hybridized carbons (Fsp3) is 0.571. The highest BCUT2D eigenvalue weighted by atomic mass is 35.5. The molecule has 0 aliphatic heterocycles. The quantitative estimate of drug-likeness (QED) is 0.856. The van der Waals surface area contributed by atoms with Crippen molar-refractivity contribution in [1.82, 2.24) is 4.72 Å². The van der Waals surface area contributed by atoms with Gasteiger partial charge in [0.05, 0.1) is 5.02 Å². The van der Waals surface area contributed by atoms with Crippen molar-refractivity contribution >= 4 is 33.2 Å². The highest BCUT2D eigenvalue weighted by molar-refractivity contribution is 7.89. The number of rotatable bonds is 5. The summed E-state index contributed by atoms with van der Waals surface area (Å²) in [5, 5.41) is 0.462. The Morgan fingerprint density at radius 2 is 2.05 bits per heavy atom. The molecule has 2 unspecified atom stereocenters. The van der Waals surface area contributed by atoms with Gasteiger partial charge in [-0.15, -0.1) is 0 Å². The standard InChI is InChI=1S/C14H20Cl2N2O2S/c1-9-2-3-10(4-9)8-18-21(19,20)13-6-12(15)5-11(7-17)14(13)16/h5-6,9-10,18H,2-4,7-8,17H2,1H3. The van der Waals surface area contributed by atoms with Crippen LogP contribution < -0.4 is 10.5 Å². The lowest BCUT2D eigenvalue weighted by molar-refractivity contribution is 0.498. The molecule has 0 bridgehead atoms. The van der Waals surface area contributed by atoms with E-state index in [2.05, 4.69) is 11.6 Å². The van der Waals surface area contributed by atoms with Crippen LogP contribution in [0.5, 0.6) is 0 Å². The van der Waals surface area contributed by atoms with Crippen LogP contribution in [0.2, 0.25) is 10.0 Å². The van der Waals surface area contributed by atoms with Gasteiger partial charge in [-0.05, 0) is 42.4 Å². The van der Waals surface area contributed by atoms with E-state index in [1.165, 1.54) is 6.07 Å². The van der Waals surface area contributed by atoms with Gasteiger partial charge in [0, 0.05) is 18.1 Å². The summed E-state index contributed by atoms with van der Waals surface area (Å²) >= 11 is 12.1. The van der Waals surface area contributed by atoms with Gasteiger partial charge >= 0.3 is 0 Å². The second kappa shape index (κ2) is 6.84. The van der Waals surface area contributed by atoms with Crippen molar-refractivity contribution in [2.45, 2.75) is 37.6 Å². The minimum Gasteiger partial charge on any atom is -0.326 e. The normalized spacial score (nSPS) is 22.7. The van der Waals surface area contributed by atoms with Crippen molar-refractivity contribution < 1.29 is 8.42 Å². The van der Waals surface area contributed by atoms with E-state index in [-0.39, 0.29) is 16.5 Å². The maximum absolute atomic E-state index is 12.4. The third-order valence-corrected chi connectivity index (χ3v) is 6.18. The van der Waals surface area contributed by atoms with Gasteiger partial charge in [-0.1, -0.05) is 36.5 Å². The van der Waals surface area contributed by atoms with Crippen molar-refractivity contribution in [2.75, 3.05) is 6.54 Å². The minimum atomic E-state index is -3.67. The molecule has 1 aromatic rings. The van der Waals surface area contributed by atoms with Gasteiger partial charge < -0.3 is 5.73 Å². The van der Waals surface area contributed by atoms with E-state index in [4.69, 9.17) is 28.9 Å². The molecule has 2 rings (SSSR count). The van der Waals surface area contributed by atoms with Crippen molar-refractivity contribution in [1.29, 1.82) is 0 Å². The Bertz CT molecular complexity index is 620. The lowest BCUT2D eigenvalue weighted by Gasteiger charge is -2.14. The van der Waals surface area contributed by atoms with Gasteiger partial charge in [0.1, 0.15) is 4.90 Å². The summed E-state index contributed by atoms with van der Waals surface area (Å²) in [6, 6.07) is 2.95. The van der Waals surface area contributed by atoms with E-state index in [1.807, 2.05) is 0 Å². The van der Waals surface area contributed by atoms with E-state index in [0.29, 0.717) is 29.0 Å². The average Bonchev–Trinajstić information content (AvgIpc) is 2.84. The molecule has 2 atom stereocenters. The first-order valence-electron chi connectivity index (χ1n) is 7.01. The summed E-state index contributed by atoms with van der Waals surface area (Å²) in [5.74, 6) is 1.06. The van der Waals surface area contributed by atoms with Gasteiger partial charge in [0.2, 0.25) is 10.0 Å². The third-order valence-electron chi connectivity index (χ3n) is 3.95. The molecule has 0 heterocycles. The smallest absolute Gasteiger partial charge is 0.242 e. The molecular formula is C14H20Cl2N2O2S. The molecule has 0 aromatic heterocycles. The highest BCUT2D eigenvalue weighted by Crippen LogP contribution is 2.31. The van der Waals surface area contributed by atoms with E-state index >= 15 is 0 Å². The van der Waals surface area contributed by atoms with Gasteiger partial charge in [-0.2, -0.15) is 0 Å². The number of nitrogens with one attached hydrogen (secondary N) is 1. The Morgan fingerprint density at radius 3 is 2.62 bits per heavy atom. The topological polar surface area (TPSA) is 72.2 Å². The van der Waals surface area contributed by atoms with Crippen molar-refractivity contribution in [2.24, 2.45) is 17.6 Å². The zero-order valence-electron chi connectivity index (χ0n) is 11.9. The SMILES string of the molecule is CC1CCC(CNS(=O)(=O)c2cc(Cl)cc(CN)c2Cl)C1. The van der Waals surface area contributed by atoms with Crippen LogP contribution in [0.3, 0.4) is 0 Å². The van der Waals surface area contributed by atoms with Crippen molar-refractivity contribution in [3.05, 3.63) is 27.7 Å². The third kappa shape index (κ3) is 4.11. The van der Waals surface area contributed by atoms with E-state index in [1.54, 1.807) is 6.07 Å². The first-order chi connectivity index (χ1) is 9.83. The van der Waals surface area contributed by atoms with Gasteiger partial charge in [-0.25, -0.2) is 13.1 Å². The van der Waals surface area contributed by atoms with E-state index in [0.717, 1.165) is 19.3 Å². The minimum absolute atomic E-state index is 0.00293. The van der Waals surface area contributed by atoms with Gasteiger partial charge in [0.15, 0.2) is 0 Å². The Labute approximate surface area is 136 Å². The predicted octanol–water partition coefficient (Wildman–Crippen LogP) is 3.17. The Hall–Kier alpha value is -0.330. The molecule has 1 fully saturated rings. The fourth-order valence-electron chi connectivity index (χ4n) is 2.78. The Kier molecular flexibility index (Phi) is 5.54. The van der Waals surface area contributed by atoms with Gasteiger partial charge in [0.25, 0.3) is 0 Å². The van der Waals surface area contributed by atoms with E-state index in [9.17, 15) is 8.42 Å². The molecule has 1 saturated carbocycles. The largest absolute Gasteiger partial charge is 0.326 e. The molecule has 118 valence electrons. The molecular weight excluding hydrogens is 331 g/mol. The van der Waals surface area contributed by atoms with Crippen LogP contribution in [-0.4, -0.2) is 15.0 Å². The Balaban J connectivity index is 2.17. The molecule has 0 radical (unpaired) electrons. The second-order valence-electron chi connectivity index (χ2n) is 5.72. The first-order valence-corrected chi connectivity index (χ1v) is 9.25. The summed E-state index contributed by atoms with van der Waals surface area (Å²) in [7, 11) is -3.67. The molecule has 3 N–H and O–H groups in total. The number of hydrogen-bond acceptors (Lipinski definition) is 3. The molecule has 7 heteroatoms. The van der Waals surface area contributed by atoms with Gasteiger partial charge in [-0.3, -0.25) is 0 Å². The highest BCUT2D eigenvalue weighted by Gasteiger charge is 2.25. The maximum Gasteiger partial charge on any atom is 0.242 e. The van der Waals surface area contributed by atoms with Crippen LogP contribution >= 0.6 is 23.2 Å². The summed E-state index contributed by atoms with van der Waals surface area (Å²) in [6.45, 7) is 2.77. The number of benzene rings is 1. The second-order valence-corrected chi connectivity index (χ2v) is 8.27. The molecule has 0 spiro atoms. The van der Waals surface area contributed by atoms with Crippen LogP contribution in [0.15, 0.2) is 17.0 Å². The molecule has 0 saturated heterocycles. The van der Waals surface area contributed by atoms with E-state index < -0.39 is 10.0 Å². The van der Waals surface area contributed by atoms with Crippen LogP contribution in [0.1, 0.15) is 31.7 Å². The molecule has 21 heavy (non-hydrogen) atoms. The van der Waals surface area contributed by atoms with Crippen LogP contribution in [-0.2, 0) is 16.6 Å². The summed E-state index contributed by atoms with van der Waals surface area (Å²) in [5.41, 5.74) is 6.09. The first kappa shape index (κ1) is 17.0. The number of nitrogens with two attached hydrogens (primary N) is 1. The van der Waals surface area contributed by atoms with Crippen LogP contribution in [0, 0.1) is 11.8 Å². The molecule has 1 aromatic carbocycles. The summed E-state index contributed by atoms with van der Waals surface area (Å²) < 4.78 is 27.5. The predicted molar refractivity (Wildman–Crippen MR) is 86.0 cm³/mol. The lowest BCUT2D eigenvalue weighted by Crippen LogP contribution is -2.29. The fourth-order valence-corrected chi connectivity index (χ4v) is 4.83. The molecule has 1 aliphatic rings. The Morgan fingerprint density at radius 1 is 1.33 bits per heavy atom. The molecule has 4 nitrogen and oxygen atoms in total. The average molecular weight is 351 g/mol.